The zero-order valence-electron chi connectivity index (χ0n) is 18.3. The van der Waals surface area contributed by atoms with Gasteiger partial charge in [0, 0.05) is 23.3 Å². The molecule has 0 unspecified atom stereocenters. The molecule has 0 bridgehead atoms. The molecule has 0 saturated heterocycles. The lowest BCUT2D eigenvalue weighted by molar-refractivity contribution is -0.260. The number of esters is 2. The summed E-state index contributed by atoms with van der Waals surface area (Å²) < 4.78 is 22.2. The van der Waals surface area contributed by atoms with Crippen LogP contribution in [-0.2, 0) is 38.1 Å². The van der Waals surface area contributed by atoms with Crippen LogP contribution in [0.4, 0.5) is 0 Å². The van der Waals surface area contributed by atoms with Crippen molar-refractivity contribution in [3.8, 4) is 0 Å². The first-order valence-corrected chi connectivity index (χ1v) is 10.6. The van der Waals surface area contributed by atoms with Crippen molar-refractivity contribution >= 4 is 35.0 Å². The number of hydrogen-bond acceptors (Lipinski definition) is 8. The van der Waals surface area contributed by atoms with Gasteiger partial charge in [-0.15, -0.1) is 0 Å². The molecule has 1 fully saturated rings. The third kappa shape index (κ3) is 2.65. The summed E-state index contributed by atoms with van der Waals surface area (Å²) in [5, 5.41) is 0. The third-order valence-electron chi connectivity index (χ3n) is 6.59. The van der Waals surface area contributed by atoms with Gasteiger partial charge in [-0.2, -0.15) is 0 Å². The smallest absolute Gasteiger partial charge is 0.314 e. The number of fused-ring (bicyclic) bond motifs is 1. The van der Waals surface area contributed by atoms with Crippen LogP contribution in [0.15, 0.2) is 72.8 Å². The predicted molar refractivity (Wildman–Crippen MR) is 117 cm³/mol. The number of ether oxygens (including phenoxy) is 4. The molecule has 0 aromatic heterocycles. The summed E-state index contributed by atoms with van der Waals surface area (Å²) >= 11 is 0. The van der Waals surface area contributed by atoms with Crippen molar-refractivity contribution in [1.29, 1.82) is 0 Å². The lowest BCUT2D eigenvalue weighted by atomic mass is 9.47. The molecule has 4 atom stereocenters. The first-order chi connectivity index (χ1) is 16.4. The Labute approximate surface area is 194 Å². The Morgan fingerprint density at radius 1 is 0.676 bits per heavy atom. The van der Waals surface area contributed by atoms with E-state index >= 15 is 0 Å². The van der Waals surface area contributed by atoms with Gasteiger partial charge in [-0.3, -0.25) is 19.2 Å². The first kappa shape index (κ1) is 21.6. The van der Waals surface area contributed by atoms with Crippen LogP contribution in [0.3, 0.4) is 0 Å². The van der Waals surface area contributed by atoms with Gasteiger partial charge in [0.25, 0.3) is 0 Å². The largest absolute Gasteiger partial charge is 0.473 e. The van der Waals surface area contributed by atoms with Crippen molar-refractivity contribution < 1.29 is 38.1 Å². The zero-order chi connectivity index (χ0) is 24.1. The average Bonchev–Trinajstić information content (AvgIpc) is 3.42. The second-order valence-electron chi connectivity index (χ2n) is 8.15. The van der Waals surface area contributed by atoms with E-state index in [1.54, 1.807) is 60.7 Å². The molecule has 2 heterocycles. The maximum Gasteiger partial charge on any atom is 0.314 e. The molecule has 172 valence electrons. The summed E-state index contributed by atoms with van der Waals surface area (Å²) in [6.45, 7) is 0. The van der Waals surface area contributed by atoms with Crippen LogP contribution in [0.2, 0.25) is 0 Å². The molecule has 2 aliphatic heterocycles. The van der Waals surface area contributed by atoms with Crippen molar-refractivity contribution in [1.82, 2.24) is 0 Å². The molecule has 34 heavy (non-hydrogen) atoms. The number of carbonyl (C=O) groups excluding carboxylic acids is 4. The van der Waals surface area contributed by atoms with E-state index in [4.69, 9.17) is 18.9 Å². The minimum Gasteiger partial charge on any atom is -0.473 e. The molecule has 0 N–H and O–H groups in total. The number of hydrogen-bond donors (Lipinski definition) is 0. The minimum atomic E-state index is -2.13. The first-order valence-electron chi connectivity index (χ1n) is 10.6. The van der Waals surface area contributed by atoms with Gasteiger partial charge in [-0.25, -0.2) is 0 Å². The van der Waals surface area contributed by atoms with Gasteiger partial charge in [-0.1, -0.05) is 60.7 Å². The van der Waals surface area contributed by atoms with Gasteiger partial charge < -0.3 is 18.9 Å². The van der Waals surface area contributed by atoms with Crippen LogP contribution in [0.1, 0.15) is 11.1 Å². The van der Waals surface area contributed by atoms with Gasteiger partial charge in [0.1, 0.15) is 23.4 Å². The van der Waals surface area contributed by atoms with Crippen LogP contribution >= 0.6 is 0 Å². The monoisotopic (exact) mass is 460 g/mol. The second-order valence-corrected chi connectivity index (χ2v) is 8.15. The summed E-state index contributed by atoms with van der Waals surface area (Å²) in [5.41, 5.74) is -3.13. The van der Waals surface area contributed by atoms with E-state index in [-0.39, 0.29) is 11.5 Å². The molecule has 3 aliphatic rings. The topological polar surface area (TPSA) is 105 Å². The van der Waals surface area contributed by atoms with E-state index in [1.807, 2.05) is 0 Å². The Bertz CT molecular complexity index is 1160. The normalized spacial score (nSPS) is 29.1. The fraction of sp³-hybridized carbons (Fsp3) is 0.231. The zero-order valence-corrected chi connectivity index (χ0v) is 18.3. The lowest BCUT2D eigenvalue weighted by Gasteiger charge is -2.58. The second kappa shape index (κ2) is 7.69. The number of methoxy groups -OCH3 is 2. The fourth-order valence-electron chi connectivity index (χ4n) is 5.09. The van der Waals surface area contributed by atoms with Crippen LogP contribution in [0.5, 0.6) is 0 Å². The standard InChI is InChI=1S/C26H20O8/c1-31-23(29)21-22(24(30)32-2)26(20(28)14-18(34-26)16-11-7-4-8-12-16)25(21)19(27)13-17(33-25)15-9-5-3-6-10-15/h3-14,21-22H,1-2H3/t21-,22+,25-,26-/m0/s1. The third-order valence-corrected chi connectivity index (χ3v) is 6.59. The predicted octanol–water partition coefficient (Wildman–Crippen LogP) is 2.34. The highest BCUT2D eigenvalue weighted by molar-refractivity contribution is 6.21. The Balaban J connectivity index is 1.66. The van der Waals surface area contributed by atoms with Gasteiger partial charge in [0.05, 0.1) is 14.2 Å². The summed E-state index contributed by atoms with van der Waals surface area (Å²) in [4.78, 5) is 53.0. The molecule has 8 nitrogen and oxygen atoms in total. The van der Waals surface area contributed by atoms with E-state index < -0.39 is 46.5 Å². The highest BCUT2D eigenvalue weighted by Gasteiger charge is 2.89. The Morgan fingerprint density at radius 3 is 1.35 bits per heavy atom. The lowest BCUT2D eigenvalue weighted by Crippen LogP contribution is -2.84. The highest BCUT2D eigenvalue weighted by Crippen LogP contribution is 2.64. The van der Waals surface area contributed by atoms with Crippen LogP contribution in [-0.4, -0.2) is 48.9 Å². The number of carbonyl (C=O) groups is 4. The minimum absolute atomic E-state index is 0.159. The summed E-state index contributed by atoms with van der Waals surface area (Å²) in [7, 11) is 2.26. The van der Waals surface area contributed by atoms with Crippen LogP contribution in [0, 0.1) is 11.8 Å². The molecule has 1 aliphatic carbocycles. The number of rotatable bonds is 4. The van der Waals surface area contributed by atoms with E-state index in [2.05, 4.69) is 0 Å². The quantitative estimate of drug-likeness (QED) is 0.641. The maximum absolute atomic E-state index is 13.6. The Hall–Kier alpha value is -4.20. The van der Waals surface area contributed by atoms with Gasteiger partial charge in [0.15, 0.2) is 0 Å². The number of ketones is 2. The van der Waals surface area contributed by atoms with Gasteiger partial charge in [-0.05, 0) is 0 Å². The molecule has 2 spiro atoms. The average molecular weight is 460 g/mol. The molecule has 2 aromatic rings. The molecule has 1 saturated carbocycles. The van der Waals surface area contributed by atoms with Crippen molar-refractivity contribution in [2.75, 3.05) is 14.2 Å². The molecule has 8 heteroatoms. The van der Waals surface area contributed by atoms with Crippen LogP contribution in [0.25, 0.3) is 11.5 Å². The van der Waals surface area contributed by atoms with Crippen molar-refractivity contribution in [2.24, 2.45) is 11.8 Å². The van der Waals surface area contributed by atoms with E-state index in [9.17, 15) is 19.2 Å². The highest BCUT2D eigenvalue weighted by atomic mass is 16.6. The number of benzene rings is 2. The van der Waals surface area contributed by atoms with E-state index in [0.717, 1.165) is 14.2 Å². The van der Waals surface area contributed by atoms with E-state index in [1.165, 1.54) is 12.2 Å². The fourth-order valence-corrected chi connectivity index (χ4v) is 5.09. The van der Waals surface area contributed by atoms with Crippen molar-refractivity contribution in [3.63, 3.8) is 0 Å². The van der Waals surface area contributed by atoms with Crippen LogP contribution < -0.4 is 0 Å². The Kier molecular flexibility index (Phi) is 4.89. The molecule has 2 aromatic carbocycles. The molecule has 0 amide bonds. The summed E-state index contributed by atoms with van der Waals surface area (Å²) in [5.74, 6) is -5.71. The summed E-state index contributed by atoms with van der Waals surface area (Å²) in [6.07, 6.45) is 2.44. The molecular formula is C26H20O8. The maximum atomic E-state index is 13.6. The molecular weight excluding hydrogens is 440 g/mol. The van der Waals surface area contributed by atoms with Crippen molar-refractivity contribution in [2.45, 2.75) is 11.2 Å². The van der Waals surface area contributed by atoms with Gasteiger partial charge in [0.2, 0.25) is 22.8 Å². The van der Waals surface area contributed by atoms with E-state index in [0.29, 0.717) is 11.1 Å². The SMILES string of the molecule is COC(=O)[C@@H]1[C@H](C(=O)OC)[C@]2(OC(c3ccccc3)=CC2=O)[C@@]12OC(c1ccccc1)=CC2=O. The Morgan fingerprint density at radius 2 is 1.03 bits per heavy atom. The molecule has 0 radical (unpaired) electrons. The molecule has 5 rings (SSSR count). The van der Waals surface area contributed by atoms with Gasteiger partial charge >= 0.3 is 11.9 Å². The summed E-state index contributed by atoms with van der Waals surface area (Å²) in [6, 6.07) is 17.5. The van der Waals surface area contributed by atoms with Crippen molar-refractivity contribution in [3.05, 3.63) is 83.9 Å².